The lowest BCUT2D eigenvalue weighted by Crippen LogP contribution is -1.84. The predicted molar refractivity (Wildman–Crippen MR) is 138 cm³/mol. The van der Waals surface area contributed by atoms with Gasteiger partial charge < -0.3 is 0 Å². The smallest absolute Gasteiger partial charge is 0.101 e. The standard InChI is InChI=1S/C30H18N2S/c31-17-20-14-26(19-32-18-20)23-8-6-22(7-9-23)25-11-13-28-27-12-10-24(21-4-2-1-3-5-21)15-29(27)33-30(28)16-25/h1-16,18-19H. The summed E-state index contributed by atoms with van der Waals surface area (Å²) in [5.74, 6) is 0. The first kappa shape index (κ1) is 19.4. The summed E-state index contributed by atoms with van der Waals surface area (Å²) in [5.41, 5.74) is 7.45. The molecule has 3 heteroatoms. The fraction of sp³-hybridized carbons (Fsp3) is 0. The summed E-state index contributed by atoms with van der Waals surface area (Å²) in [7, 11) is 0. The highest BCUT2D eigenvalue weighted by Crippen LogP contribution is 2.38. The van der Waals surface area contributed by atoms with E-state index in [-0.39, 0.29) is 0 Å². The van der Waals surface area contributed by atoms with Crippen molar-refractivity contribution in [1.29, 1.82) is 5.26 Å². The van der Waals surface area contributed by atoms with Gasteiger partial charge in [0.25, 0.3) is 0 Å². The second kappa shape index (κ2) is 8.02. The molecule has 0 fully saturated rings. The number of nitriles is 1. The Kier molecular flexibility index (Phi) is 4.72. The van der Waals surface area contributed by atoms with Gasteiger partial charge in [0.1, 0.15) is 6.07 Å². The number of hydrogen-bond acceptors (Lipinski definition) is 3. The maximum atomic E-state index is 9.12. The van der Waals surface area contributed by atoms with E-state index in [9.17, 15) is 0 Å². The Morgan fingerprint density at radius 2 is 1.09 bits per heavy atom. The second-order valence-electron chi connectivity index (χ2n) is 8.04. The molecule has 6 aromatic rings. The van der Waals surface area contributed by atoms with Gasteiger partial charge in [0.15, 0.2) is 0 Å². The van der Waals surface area contributed by atoms with Crippen molar-refractivity contribution in [3.05, 3.63) is 115 Å². The van der Waals surface area contributed by atoms with Crippen molar-refractivity contribution in [2.24, 2.45) is 0 Å². The van der Waals surface area contributed by atoms with Crippen molar-refractivity contribution in [1.82, 2.24) is 4.98 Å². The van der Waals surface area contributed by atoms with Crippen LogP contribution < -0.4 is 0 Å². The molecule has 0 aliphatic carbocycles. The molecule has 154 valence electrons. The van der Waals surface area contributed by atoms with Crippen LogP contribution in [0.1, 0.15) is 5.56 Å². The Morgan fingerprint density at radius 3 is 1.70 bits per heavy atom. The molecule has 0 spiro atoms. The zero-order valence-corrected chi connectivity index (χ0v) is 18.5. The van der Waals surface area contributed by atoms with Crippen LogP contribution in [0.25, 0.3) is 53.6 Å². The van der Waals surface area contributed by atoms with Gasteiger partial charge in [-0.2, -0.15) is 5.26 Å². The zero-order chi connectivity index (χ0) is 22.2. The average molecular weight is 439 g/mol. The quantitative estimate of drug-likeness (QED) is 0.278. The largest absolute Gasteiger partial charge is 0.263 e. The molecule has 0 atom stereocenters. The SMILES string of the molecule is N#Cc1cncc(-c2ccc(-c3ccc4c(c3)sc3cc(-c5ccccc5)ccc34)cc2)c1. The molecule has 2 aromatic heterocycles. The number of benzene rings is 4. The molecule has 2 nitrogen and oxygen atoms in total. The Morgan fingerprint density at radius 1 is 0.545 bits per heavy atom. The lowest BCUT2D eigenvalue weighted by Gasteiger charge is -2.05. The van der Waals surface area contributed by atoms with Crippen molar-refractivity contribution >= 4 is 31.5 Å². The van der Waals surface area contributed by atoms with Gasteiger partial charge in [-0.15, -0.1) is 11.3 Å². The van der Waals surface area contributed by atoms with Crippen LogP contribution in [0.15, 0.2) is 109 Å². The van der Waals surface area contributed by atoms with Gasteiger partial charge in [-0.1, -0.05) is 78.9 Å². The van der Waals surface area contributed by atoms with Crippen molar-refractivity contribution in [2.45, 2.75) is 0 Å². The number of nitrogens with zero attached hydrogens (tertiary/aromatic N) is 2. The van der Waals surface area contributed by atoms with E-state index < -0.39 is 0 Å². The third-order valence-corrected chi connectivity index (χ3v) is 7.11. The number of pyridine rings is 1. The first-order valence-corrected chi connectivity index (χ1v) is 11.6. The van der Waals surface area contributed by atoms with Crippen molar-refractivity contribution in [2.75, 3.05) is 0 Å². The summed E-state index contributed by atoms with van der Waals surface area (Å²) in [6.45, 7) is 0. The van der Waals surface area contributed by atoms with E-state index in [1.54, 1.807) is 12.4 Å². The highest BCUT2D eigenvalue weighted by atomic mass is 32.1. The van der Waals surface area contributed by atoms with E-state index in [1.807, 2.05) is 17.4 Å². The normalized spacial score (nSPS) is 11.0. The van der Waals surface area contributed by atoms with Gasteiger partial charge in [0.05, 0.1) is 5.56 Å². The van der Waals surface area contributed by atoms with Gasteiger partial charge in [0, 0.05) is 38.1 Å². The molecule has 0 unspecified atom stereocenters. The van der Waals surface area contributed by atoms with Crippen LogP contribution in [-0.4, -0.2) is 4.98 Å². The molecule has 0 amide bonds. The van der Waals surface area contributed by atoms with E-state index >= 15 is 0 Å². The van der Waals surface area contributed by atoms with Crippen LogP contribution in [-0.2, 0) is 0 Å². The van der Waals surface area contributed by atoms with Crippen LogP contribution in [0.2, 0.25) is 0 Å². The summed E-state index contributed by atoms with van der Waals surface area (Å²) in [6.07, 6.45) is 3.38. The van der Waals surface area contributed by atoms with Crippen LogP contribution in [0, 0.1) is 11.3 Å². The van der Waals surface area contributed by atoms with Crippen LogP contribution in [0.3, 0.4) is 0 Å². The van der Waals surface area contributed by atoms with Gasteiger partial charge in [0.2, 0.25) is 0 Å². The third kappa shape index (κ3) is 3.57. The molecule has 0 aliphatic heterocycles. The van der Waals surface area contributed by atoms with E-state index in [2.05, 4.69) is 102 Å². The van der Waals surface area contributed by atoms with Gasteiger partial charge in [-0.05, 0) is 46.0 Å². The summed E-state index contributed by atoms with van der Waals surface area (Å²) < 4.78 is 2.60. The molecule has 0 radical (unpaired) electrons. The van der Waals surface area contributed by atoms with Gasteiger partial charge in [-0.25, -0.2) is 0 Å². The predicted octanol–water partition coefficient (Wildman–Crippen LogP) is 8.32. The maximum absolute atomic E-state index is 9.12. The Hall–Kier alpha value is -4.26. The van der Waals surface area contributed by atoms with Gasteiger partial charge >= 0.3 is 0 Å². The molecule has 6 rings (SSSR count). The molecule has 4 aromatic carbocycles. The Labute approximate surface area is 196 Å². The minimum Gasteiger partial charge on any atom is -0.263 e. The number of hydrogen-bond donors (Lipinski definition) is 0. The number of aromatic nitrogens is 1. The van der Waals surface area contributed by atoms with E-state index in [4.69, 9.17) is 5.26 Å². The summed E-state index contributed by atoms with van der Waals surface area (Å²) >= 11 is 1.84. The van der Waals surface area contributed by atoms with E-state index in [0.29, 0.717) is 5.56 Å². The van der Waals surface area contributed by atoms with Crippen LogP contribution >= 0.6 is 11.3 Å². The molecule has 0 N–H and O–H groups in total. The van der Waals surface area contributed by atoms with Crippen molar-refractivity contribution in [3.63, 3.8) is 0 Å². The first-order valence-electron chi connectivity index (χ1n) is 10.8. The Balaban J connectivity index is 1.37. The average Bonchev–Trinajstić information content (AvgIpc) is 3.26. The molecule has 0 saturated heterocycles. The summed E-state index contributed by atoms with van der Waals surface area (Å²) in [6, 6.07) is 36.5. The summed E-state index contributed by atoms with van der Waals surface area (Å²) in [5, 5.41) is 11.7. The molecular weight excluding hydrogens is 420 g/mol. The highest BCUT2D eigenvalue weighted by Gasteiger charge is 2.09. The van der Waals surface area contributed by atoms with Gasteiger partial charge in [-0.3, -0.25) is 4.98 Å². The van der Waals surface area contributed by atoms with Crippen molar-refractivity contribution < 1.29 is 0 Å². The summed E-state index contributed by atoms with van der Waals surface area (Å²) in [4.78, 5) is 4.17. The topological polar surface area (TPSA) is 36.7 Å². The van der Waals surface area contributed by atoms with E-state index in [0.717, 1.165) is 11.1 Å². The molecular formula is C30H18N2S. The maximum Gasteiger partial charge on any atom is 0.101 e. The Bertz CT molecular complexity index is 1660. The molecule has 0 aliphatic rings. The number of fused-ring (bicyclic) bond motifs is 3. The van der Waals surface area contributed by atoms with Crippen molar-refractivity contribution in [3.8, 4) is 39.4 Å². The van der Waals surface area contributed by atoms with E-state index in [1.165, 1.54) is 42.4 Å². The molecule has 0 saturated carbocycles. The molecule has 33 heavy (non-hydrogen) atoms. The molecule has 0 bridgehead atoms. The fourth-order valence-corrected chi connectivity index (χ4v) is 5.47. The second-order valence-corrected chi connectivity index (χ2v) is 9.13. The number of thiophene rings is 1. The molecule has 2 heterocycles. The van der Waals surface area contributed by atoms with Crippen LogP contribution in [0.5, 0.6) is 0 Å². The fourth-order valence-electron chi connectivity index (χ4n) is 4.28. The number of rotatable bonds is 3. The zero-order valence-electron chi connectivity index (χ0n) is 17.7. The van der Waals surface area contributed by atoms with Crippen LogP contribution in [0.4, 0.5) is 0 Å². The first-order chi connectivity index (χ1) is 16.3. The monoisotopic (exact) mass is 438 g/mol. The third-order valence-electron chi connectivity index (χ3n) is 6.00. The lowest BCUT2D eigenvalue weighted by molar-refractivity contribution is 1.30. The lowest BCUT2D eigenvalue weighted by atomic mass is 9.99. The minimum atomic E-state index is 0.571. The minimum absolute atomic E-state index is 0.571. The highest BCUT2D eigenvalue weighted by molar-refractivity contribution is 7.25.